The van der Waals surface area contributed by atoms with Crippen molar-refractivity contribution >= 4 is 17.3 Å². The van der Waals surface area contributed by atoms with E-state index in [4.69, 9.17) is 16.9 Å². The van der Waals surface area contributed by atoms with Gasteiger partial charge in [0.2, 0.25) is 0 Å². The second-order valence-electron chi connectivity index (χ2n) is 4.55. The highest BCUT2D eigenvalue weighted by Gasteiger charge is 2.02. The first-order valence-electron chi connectivity index (χ1n) is 6.28. The maximum Gasteiger partial charge on any atom is 0.123 e. The summed E-state index contributed by atoms with van der Waals surface area (Å²) in [6, 6.07) is 12.1. The third kappa shape index (κ3) is 3.49. The van der Waals surface area contributed by atoms with E-state index in [0.29, 0.717) is 17.1 Å². The van der Waals surface area contributed by atoms with Crippen molar-refractivity contribution in [3.8, 4) is 6.07 Å². The number of aryl methyl sites for hydroxylation is 1. The van der Waals surface area contributed by atoms with Crippen molar-refractivity contribution in [2.75, 3.05) is 11.9 Å². The van der Waals surface area contributed by atoms with Crippen LogP contribution in [0.15, 0.2) is 36.4 Å². The summed E-state index contributed by atoms with van der Waals surface area (Å²) in [5.74, 6) is -0.210. The minimum absolute atomic E-state index is 0.210. The SMILES string of the molecule is Cc1cc(F)ccc1CCNc1ccc(C#N)c(Cl)c1. The lowest BCUT2D eigenvalue weighted by Crippen LogP contribution is -2.06. The van der Waals surface area contributed by atoms with E-state index in [-0.39, 0.29) is 5.82 Å². The van der Waals surface area contributed by atoms with Crippen LogP contribution in [0.25, 0.3) is 0 Å². The van der Waals surface area contributed by atoms with Crippen molar-refractivity contribution < 1.29 is 4.39 Å². The molecule has 0 aliphatic heterocycles. The molecule has 2 aromatic rings. The number of benzene rings is 2. The van der Waals surface area contributed by atoms with E-state index in [2.05, 4.69) is 5.32 Å². The number of nitrogens with one attached hydrogen (secondary N) is 1. The van der Waals surface area contributed by atoms with Gasteiger partial charge in [0.25, 0.3) is 0 Å². The van der Waals surface area contributed by atoms with Gasteiger partial charge in [0.05, 0.1) is 10.6 Å². The predicted octanol–water partition coefficient (Wildman–Crippen LogP) is 4.31. The molecule has 0 atom stereocenters. The molecule has 2 aromatic carbocycles. The van der Waals surface area contributed by atoms with Gasteiger partial charge in [0.15, 0.2) is 0 Å². The van der Waals surface area contributed by atoms with Crippen molar-refractivity contribution in [3.63, 3.8) is 0 Å². The van der Waals surface area contributed by atoms with E-state index in [1.807, 2.05) is 19.1 Å². The van der Waals surface area contributed by atoms with Crippen LogP contribution in [0.4, 0.5) is 10.1 Å². The molecule has 0 fully saturated rings. The van der Waals surface area contributed by atoms with Crippen LogP contribution in [0.5, 0.6) is 0 Å². The highest BCUT2D eigenvalue weighted by atomic mass is 35.5. The van der Waals surface area contributed by atoms with Crippen molar-refractivity contribution in [3.05, 3.63) is 63.9 Å². The topological polar surface area (TPSA) is 35.8 Å². The molecule has 0 heterocycles. The van der Waals surface area contributed by atoms with Crippen molar-refractivity contribution in [2.45, 2.75) is 13.3 Å². The molecule has 0 aromatic heterocycles. The first kappa shape index (κ1) is 14.4. The normalized spacial score (nSPS) is 10.1. The van der Waals surface area contributed by atoms with E-state index in [0.717, 1.165) is 23.2 Å². The molecule has 0 aliphatic carbocycles. The summed E-state index contributed by atoms with van der Waals surface area (Å²) in [5, 5.41) is 12.5. The lowest BCUT2D eigenvalue weighted by molar-refractivity contribution is 0.625. The van der Waals surface area contributed by atoms with Crippen molar-refractivity contribution in [1.29, 1.82) is 5.26 Å². The summed E-state index contributed by atoms with van der Waals surface area (Å²) >= 11 is 5.96. The molecule has 2 nitrogen and oxygen atoms in total. The Balaban J connectivity index is 1.96. The van der Waals surface area contributed by atoms with Crippen LogP contribution in [0, 0.1) is 24.1 Å². The highest BCUT2D eigenvalue weighted by Crippen LogP contribution is 2.20. The predicted molar refractivity (Wildman–Crippen MR) is 79.5 cm³/mol. The molecule has 0 aliphatic rings. The summed E-state index contributed by atoms with van der Waals surface area (Å²) in [6.45, 7) is 2.62. The number of hydrogen-bond acceptors (Lipinski definition) is 2. The summed E-state index contributed by atoms with van der Waals surface area (Å²) in [5.41, 5.74) is 3.39. The van der Waals surface area contributed by atoms with Gasteiger partial charge in [-0.2, -0.15) is 5.26 Å². The third-order valence-electron chi connectivity index (χ3n) is 3.12. The zero-order chi connectivity index (χ0) is 14.5. The maximum absolute atomic E-state index is 13.0. The Bertz CT molecular complexity index is 662. The summed E-state index contributed by atoms with van der Waals surface area (Å²) in [4.78, 5) is 0. The summed E-state index contributed by atoms with van der Waals surface area (Å²) in [7, 11) is 0. The summed E-state index contributed by atoms with van der Waals surface area (Å²) < 4.78 is 13.0. The van der Waals surface area contributed by atoms with Gasteiger partial charge < -0.3 is 5.32 Å². The van der Waals surface area contributed by atoms with Gasteiger partial charge in [0.1, 0.15) is 11.9 Å². The fourth-order valence-corrected chi connectivity index (χ4v) is 2.22. The lowest BCUT2D eigenvalue weighted by Gasteiger charge is -2.09. The molecule has 0 saturated heterocycles. The van der Waals surface area contributed by atoms with Gasteiger partial charge in [-0.25, -0.2) is 4.39 Å². The van der Waals surface area contributed by atoms with E-state index in [1.54, 1.807) is 18.2 Å². The van der Waals surface area contributed by atoms with Crippen LogP contribution in [-0.4, -0.2) is 6.54 Å². The molecule has 102 valence electrons. The fourth-order valence-electron chi connectivity index (χ4n) is 2.00. The zero-order valence-electron chi connectivity index (χ0n) is 11.1. The van der Waals surface area contributed by atoms with Crippen molar-refractivity contribution in [1.82, 2.24) is 0 Å². The van der Waals surface area contributed by atoms with Gasteiger partial charge in [-0.15, -0.1) is 0 Å². The van der Waals surface area contributed by atoms with Crippen LogP contribution in [0.2, 0.25) is 5.02 Å². The molecule has 0 spiro atoms. The van der Waals surface area contributed by atoms with Gasteiger partial charge in [-0.1, -0.05) is 17.7 Å². The second-order valence-corrected chi connectivity index (χ2v) is 4.96. The van der Waals surface area contributed by atoms with Gasteiger partial charge >= 0.3 is 0 Å². The Morgan fingerprint density at radius 1 is 1.25 bits per heavy atom. The molecular formula is C16H14ClFN2. The Hall–Kier alpha value is -2.05. The monoisotopic (exact) mass is 288 g/mol. The van der Waals surface area contributed by atoms with E-state index in [9.17, 15) is 4.39 Å². The van der Waals surface area contributed by atoms with Gasteiger partial charge in [-0.3, -0.25) is 0 Å². The standard InChI is InChI=1S/C16H14ClFN2/c1-11-8-14(18)4-2-12(11)6-7-20-15-5-3-13(10-19)16(17)9-15/h2-5,8-9,20H,6-7H2,1H3. The van der Waals surface area contributed by atoms with E-state index < -0.39 is 0 Å². The first-order valence-corrected chi connectivity index (χ1v) is 6.66. The molecule has 0 unspecified atom stereocenters. The number of nitrogens with zero attached hydrogens (tertiary/aromatic N) is 1. The first-order chi connectivity index (χ1) is 9.60. The number of anilines is 1. The average molecular weight is 289 g/mol. The molecule has 2 rings (SSSR count). The number of hydrogen-bond donors (Lipinski definition) is 1. The van der Waals surface area contributed by atoms with Crippen LogP contribution >= 0.6 is 11.6 Å². The van der Waals surface area contributed by atoms with E-state index in [1.165, 1.54) is 12.1 Å². The molecule has 0 bridgehead atoms. The van der Waals surface area contributed by atoms with Crippen LogP contribution in [0.3, 0.4) is 0 Å². The highest BCUT2D eigenvalue weighted by molar-refractivity contribution is 6.32. The molecule has 20 heavy (non-hydrogen) atoms. The van der Waals surface area contributed by atoms with Gasteiger partial charge in [-0.05, 0) is 54.8 Å². The van der Waals surface area contributed by atoms with Crippen LogP contribution in [0.1, 0.15) is 16.7 Å². The Morgan fingerprint density at radius 2 is 2.05 bits per heavy atom. The summed E-state index contributed by atoms with van der Waals surface area (Å²) in [6.07, 6.45) is 0.795. The molecule has 0 radical (unpaired) electrons. The Labute approximate surface area is 122 Å². The van der Waals surface area contributed by atoms with Crippen molar-refractivity contribution in [2.24, 2.45) is 0 Å². The quantitative estimate of drug-likeness (QED) is 0.910. The van der Waals surface area contributed by atoms with E-state index >= 15 is 0 Å². The fraction of sp³-hybridized carbons (Fsp3) is 0.188. The number of halogens is 2. The molecular weight excluding hydrogens is 275 g/mol. The molecule has 4 heteroatoms. The average Bonchev–Trinajstić information content (AvgIpc) is 2.41. The molecule has 0 saturated carbocycles. The largest absolute Gasteiger partial charge is 0.385 e. The Kier molecular flexibility index (Phi) is 4.60. The zero-order valence-corrected chi connectivity index (χ0v) is 11.8. The third-order valence-corrected chi connectivity index (χ3v) is 3.43. The lowest BCUT2D eigenvalue weighted by atomic mass is 10.1. The van der Waals surface area contributed by atoms with Crippen LogP contribution in [-0.2, 0) is 6.42 Å². The molecule has 0 amide bonds. The smallest absolute Gasteiger partial charge is 0.123 e. The Morgan fingerprint density at radius 3 is 2.70 bits per heavy atom. The number of nitriles is 1. The van der Waals surface area contributed by atoms with Crippen LogP contribution < -0.4 is 5.32 Å². The maximum atomic E-state index is 13.0. The minimum atomic E-state index is -0.210. The second kappa shape index (κ2) is 6.40. The minimum Gasteiger partial charge on any atom is -0.385 e. The molecule has 1 N–H and O–H groups in total. The van der Waals surface area contributed by atoms with Gasteiger partial charge in [0, 0.05) is 12.2 Å². The number of rotatable bonds is 4.